The Labute approximate surface area is 167 Å². The number of thiazole rings is 1. The van der Waals surface area contributed by atoms with Crippen molar-refractivity contribution >= 4 is 38.8 Å². The molecule has 0 spiro atoms. The van der Waals surface area contributed by atoms with E-state index in [1.165, 1.54) is 0 Å². The summed E-state index contributed by atoms with van der Waals surface area (Å²) in [5, 5.41) is 7.05. The van der Waals surface area contributed by atoms with Crippen LogP contribution < -0.4 is 15.8 Å². The maximum absolute atomic E-state index is 12.5. The van der Waals surface area contributed by atoms with Gasteiger partial charge in [-0.25, -0.2) is 9.78 Å². The van der Waals surface area contributed by atoms with Gasteiger partial charge in [-0.2, -0.15) is 0 Å². The molecule has 0 unspecified atom stereocenters. The molecular weight excluding hydrogens is 370 g/mol. The molecule has 0 aliphatic heterocycles. The predicted octanol–water partition coefficient (Wildman–Crippen LogP) is 5.51. The summed E-state index contributed by atoms with van der Waals surface area (Å²) < 4.78 is 5.54. The highest BCUT2D eigenvalue weighted by molar-refractivity contribution is 7.14. The van der Waals surface area contributed by atoms with Crippen molar-refractivity contribution in [3.8, 4) is 11.3 Å². The summed E-state index contributed by atoms with van der Waals surface area (Å²) in [6.07, 6.45) is 0. The van der Waals surface area contributed by atoms with Crippen molar-refractivity contribution < 1.29 is 4.42 Å². The summed E-state index contributed by atoms with van der Waals surface area (Å²) in [4.78, 5) is 19.3. The first kappa shape index (κ1) is 18.3. The Morgan fingerprint density at radius 2 is 1.82 bits per heavy atom. The molecule has 4 rings (SSSR count). The van der Waals surface area contributed by atoms with Crippen LogP contribution in [-0.4, -0.2) is 18.1 Å². The Kier molecular flexibility index (Phi) is 5.12. The summed E-state index contributed by atoms with van der Waals surface area (Å²) in [7, 11) is 0. The van der Waals surface area contributed by atoms with E-state index in [-0.39, 0.29) is 5.63 Å². The SMILES string of the molecule is CCN(CC)c1nc(-c2cc3cc(Nc4ccccc4)ccc3oc2=O)cs1. The molecule has 4 aromatic rings. The van der Waals surface area contributed by atoms with Gasteiger partial charge in [-0.15, -0.1) is 11.3 Å². The molecule has 142 valence electrons. The van der Waals surface area contributed by atoms with Crippen LogP contribution in [0.3, 0.4) is 0 Å². The molecule has 2 heterocycles. The van der Waals surface area contributed by atoms with Crippen LogP contribution in [0.5, 0.6) is 0 Å². The van der Waals surface area contributed by atoms with E-state index in [0.717, 1.165) is 35.0 Å². The lowest BCUT2D eigenvalue weighted by Gasteiger charge is -2.16. The summed E-state index contributed by atoms with van der Waals surface area (Å²) >= 11 is 1.54. The number of benzene rings is 2. The first-order valence-electron chi connectivity index (χ1n) is 9.28. The standard InChI is InChI=1S/C22H21N3O2S/c1-3-25(4-2)22-24-19(14-28-22)18-13-15-12-17(10-11-20(15)27-21(18)26)23-16-8-6-5-7-9-16/h5-14,23H,3-4H2,1-2H3. The number of para-hydroxylation sites is 1. The second kappa shape index (κ2) is 7.86. The van der Waals surface area contributed by atoms with Gasteiger partial charge in [0.2, 0.25) is 0 Å². The first-order valence-corrected chi connectivity index (χ1v) is 10.2. The molecule has 0 amide bonds. The van der Waals surface area contributed by atoms with Crippen LogP contribution in [0.25, 0.3) is 22.2 Å². The topological polar surface area (TPSA) is 58.4 Å². The minimum atomic E-state index is -0.368. The van der Waals surface area contributed by atoms with Crippen LogP contribution in [0.1, 0.15) is 13.8 Å². The molecular formula is C22H21N3O2S. The Hall–Kier alpha value is -3.12. The van der Waals surface area contributed by atoms with Gasteiger partial charge in [-0.1, -0.05) is 18.2 Å². The van der Waals surface area contributed by atoms with E-state index >= 15 is 0 Å². The van der Waals surface area contributed by atoms with Gasteiger partial charge in [0.1, 0.15) is 5.58 Å². The molecule has 6 heteroatoms. The van der Waals surface area contributed by atoms with E-state index in [1.54, 1.807) is 11.3 Å². The van der Waals surface area contributed by atoms with Gasteiger partial charge in [0, 0.05) is 35.2 Å². The van der Waals surface area contributed by atoms with Crippen LogP contribution in [0, 0.1) is 0 Å². The fourth-order valence-electron chi connectivity index (χ4n) is 3.10. The molecule has 0 aliphatic carbocycles. The fraction of sp³-hybridized carbons (Fsp3) is 0.182. The summed E-state index contributed by atoms with van der Waals surface area (Å²) in [5.41, 5.74) is 3.27. The van der Waals surface area contributed by atoms with Crippen LogP contribution in [0.2, 0.25) is 0 Å². The molecule has 28 heavy (non-hydrogen) atoms. The maximum Gasteiger partial charge on any atom is 0.345 e. The molecule has 2 aromatic carbocycles. The van der Waals surface area contributed by atoms with Crippen molar-refractivity contribution in [2.75, 3.05) is 23.3 Å². The van der Waals surface area contributed by atoms with Crippen molar-refractivity contribution in [1.29, 1.82) is 0 Å². The molecule has 0 aliphatic rings. The molecule has 2 aromatic heterocycles. The lowest BCUT2D eigenvalue weighted by atomic mass is 10.1. The molecule has 0 atom stereocenters. The van der Waals surface area contributed by atoms with Gasteiger partial charge < -0.3 is 14.6 Å². The van der Waals surface area contributed by atoms with E-state index in [1.807, 2.05) is 60.0 Å². The van der Waals surface area contributed by atoms with Crippen LogP contribution in [-0.2, 0) is 0 Å². The van der Waals surface area contributed by atoms with Crippen LogP contribution in [0.4, 0.5) is 16.5 Å². The number of nitrogens with one attached hydrogen (secondary N) is 1. The van der Waals surface area contributed by atoms with E-state index in [0.29, 0.717) is 16.8 Å². The van der Waals surface area contributed by atoms with Crippen molar-refractivity contribution in [2.24, 2.45) is 0 Å². The highest BCUT2D eigenvalue weighted by atomic mass is 32.1. The second-order valence-electron chi connectivity index (χ2n) is 6.38. The molecule has 0 radical (unpaired) electrons. The Bertz CT molecular complexity index is 1150. The van der Waals surface area contributed by atoms with Gasteiger partial charge in [0.05, 0.1) is 11.3 Å². The average molecular weight is 391 g/mol. The second-order valence-corrected chi connectivity index (χ2v) is 7.22. The van der Waals surface area contributed by atoms with Gasteiger partial charge in [-0.05, 0) is 50.2 Å². The Morgan fingerprint density at radius 3 is 2.57 bits per heavy atom. The summed E-state index contributed by atoms with van der Waals surface area (Å²) in [5.74, 6) is 0. The molecule has 0 fully saturated rings. The number of fused-ring (bicyclic) bond motifs is 1. The number of hydrogen-bond acceptors (Lipinski definition) is 6. The Morgan fingerprint density at radius 1 is 1.04 bits per heavy atom. The minimum absolute atomic E-state index is 0.368. The normalized spacial score (nSPS) is 10.9. The zero-order chi connectivity index (χ0) is 19.5. The summed E-state index contributed by atoms with van der Waals surface area (Å²) in [6.45, 7) is 5.95. The van der Waals surface area contributed by atoms with Gasteiger partial charge in [0.15, 0.2) is 5.13 Å². The monoisotopic (exact) mass is 391 g/mol. The van der Waals surface area contributed by atoms with Crippen molar-refractivity contribution in [3.05, 3.63) is 70.4 Å². The lowest BCUT2D eigenvalue weighted by molar-refractivity contribution is 0.563. The lowest BCUT2D eigenvalue weighted by Crippen LogP contribution is -2.21. The zero-order valence-corrected chi connectivity index (χ0v) is 16.6. The third-order valence-electron chi connectivity index (χ3n) is 4.60. The van der Waals surface area contributed by atoms with Crippen molar-refractivity contribution in [2.45, 2.75) is 13.8 Å². The smallest absolute Gasteiger partial charge is 0.345 e. The van der Waals surface area contributed by atoms with Crippen LogP contribution >= 0.6 is 11.3 Å². The maximum atomic E-state index is 12.5. The number of nitrogens with zero attached hydrogens (tertiary/aromatic N) is 2. The fourth-order valence-corrected chi connectivity index (χ4v) is 4.05. The molecule has 0 saturated carbocycles. The third-order valence-corrected chi connectivity index (χ3v) is 5.50. The average Bonchev–Trinajstić information content (AvgIpc) is 3.19. The van der Waals surface area contributed by atoms with E-state index in [4.69, 9.17) is 4.42 Å². The molecule has 5 nitrogen and oxygen atoms in total. The van der Waals surface area contributed by atoms with E-state index < -0.39 is 0 Å². The molecule has 1 N–H and O–H groups in total. The molecule has 0 bridgehead atoms. The summed E-state index contributed by atoms with van der Waals surface area (Å²) in [6, 6.07) is 17.5. The largest absolute Gasteiger partial charge is 0.422 e. The Balaban J connectivity index is 1.71. The quantitative estimate of drug-likeness (QED) is 0.439. The zero-order valence-electron chi connectivity index (χ0n) is 15.8. The van der Waals surface area contributed by atoms with Crippen LogP contribution in [0.15, 0.2) is 69.2 Å². The number of aromatic nitrogens is 1. The predicted molar refractivity (Wildman–Crippen MR) is 117 cm³/mol. The van der Waals surface area contributed by atoms with E-state index in [9.17, 15) is 4.79 Å². The highest BCUT2D eigenvalue weighted by Gasteiger charge is 2.14. The number of rotatable bonds is 6. The number of anilines is 3. The molecule has 0 saturated heterocycles. The minimum Gasteiger partial charge on any atom is -0.422 e. The third kappa shape index (κ3) is 3.64. The van der Waals surface area contributed by atoms with Crippen molar-refractivity contribution in [3.63, 3.8) is 0 Å². The van der Waals surface area contributed by atoms with Gasteiger partial charge >= 0.3 is 5.63 Å². The van der Waals surface area contributed by atoms with Crippen molar-refractivity contribution in [1.82, 2.24) is 4.98 Å². The first-order chi connectivity index (χ1) is 13.7. The van der Waals surface area contributed by atoms with E-state index in [2.05, 4.69) is 29.0 Å². The highest BCUT2D eigenvalue weighted by Crippen LogP contribution is 2.29. The van der Waals surface area contributed by atoms with Gasteiger partial charge in [0.25, 0.3) is 0 Å². The van der Waals surface area contributed by atoms with Gasteiger partial charge in [-0.3, -0.25) is 0 Å². The number of hydrogen-bond donors (Lipinski definition) is 1.